The van der Waals surface area contributed by atoms with Crippen LogP contribution in [0.15, 0.2) is 23.4 Å². The molecule has 4 heterocycles. The molecule has 0 aromatic carbocycles. The van der Waals surface area contributed by atoms with E-state index in [9.17, 15) is 9.00 Å². The molecule has 1 aliphatic carbocycles. The summed E-state index contributed by atoms with van der Waals surface area (Å²) in [6.45, 7) is 1.45. The van der Waals surface area contributed by atoms with Gasteiger partial charge in [0.25, 0.3) is 0 Å². The largest absolute Gasteiger partial charge is 0.447 e. The Morgan fingerprint density at radius 1 is 1.29 bits per heavy atom. The van der Waals surface area contributed by atoms with Crippen LogP contribution in [0.5, 0.6) is 0 Å². The van der Waals surface area contributed by atoms with Crippen LogP contribution in [0.1, 0.15) is 42.8 Å². The molecule has 1 amide bonds. The first-order chi connectivity index (χ1) is 16.5. The van der Waals surface area contributed by atoms with Crippen LogP contribution in [0, 0.1) is 12.3 Å². The van der Waals surface area contributed by atoms with Crippen molar-refractivity contribution in [2.75, 3.05) is 35.7 Å². The molecule has 2 aromatic heterocycles. The first-order valence-corrected chi connectivity index (χ1v) is 12.5. The number of nitrogens with two attached hydrogens (primary N) is 1. The third-order valence-corrected chi connectivity index (χ3v) is 7.92. The van der Waals surface area contributed by atoms with E-state index >= 15 is 0 Å². The van der Waals surface area contributed by atoms with Gasteiger partial charge in [0, 0.05) is 37.7 Å². The summed E-state index contributed by atoms with van der Waals surface area (Å²) in [7, 11) is -1.16. The normalized spacial score (nSPS) is 20.5. The number of amides is 1. The van der Waals surface area contributed by atoms with Gasteiger partial charge in [0.05, 0.1) is 27.6 Å². The minimum absolute atomic E-state index is 0.150. The number of rotatable bonds is 6. The molecule has 3 aliphatic rings. The van der Waals surface area contributed by atoms with E-state index in [0.717, 1.165) is 37.0 Å². The fourth-order valence-electron chi connectivity index (χ4n) is 4.40. The molecule has 1 saturated carbocycles. The van der Waals surface area contributed by atoms with E-state index in [2.05, 4.69) is 32.2 Å². The van der Waals surface area contributed by atoms with Gasteiger partial charge in [-0.1, -0.05) is 12.0 Å². The molecule has 2 aliphatic heterocycles. The maximum atomic E-state index is 12.7. The Kier molecular flexibility index (Phi) is 5.91. The lowest BCUT2D eigenvalue weighted by molar-refractivity contribution is 0.101. The number of aryl methyl sites for hydroxylation is 1. The summed E-state index contributed by atoms with van der Waals surface area (Å²) in [6, 6.07) is 0. The Hall–Kier alpha value is -3.52. The Balaban J connectivity index is 1.39. The summed E-state index contributed by atoms with van der Waals surface area (Å²) in [5, 5.41) is 3.45. The molecule has 5 rings (SSSR count). The second-order valence-electron chi connectivity index (χ2n) is 8.68. The van der Waals surface area contributed by atoms with Crippen LogP contribution in [0.2, 0.25) is 0 Å². The number of hydrogen-bond acceptors (Lipinski definition) is 9. The van der Waals surface area contributed by atoms with Crippen molar-refractivity contribution in [2.45, 2.75) is 42.5 Å². The lowest BCUT2D eigenvalue weighted by atomic mass is 9.77. The molecule has 34 heavy (non-hydrogen) atoms. The van der Waals surface area contributed by atoms with Gasteiger partial charge in [0.2, 0.25) is 5.95 Å². The Morgan fingerprint density at radius 2 is 2.09 bits per heavy atom. The van der Waals surface area contributed by atoms with Crippen molar-refractivity contribution in [1.82, 2.24) is 19.9 Å². The monoisotopic (exact) mass is 479 g/mol. The number of primary amides is 1. The highest BCUT2D eigenvalue weighted by atomic mass is 32.2. The van der Waals surface area contributed by atoms with Gasteiger partial charge in [0.1, 0.15) is 17.3 Å². The van der Waals surface area contributed by atoms with Gasteiger partial charge >= 0.3 is 6.09 Å². The molecule has 10 nitrogen and oxygen atoms in total. The van der Waals surface area contributed by atoms with Crippen LogP contribution in [0.3, 0.4) is 0 Å². The number of hydrogen-bond donors (Lipinski definition) is 2. The average molecular weight is 480 g/mol. The highest BCUT2D eigenvalue weighted by Gasteiger charge is 2.40. The molecule has 2 aromatic rings. The van der Waals surface area contributed by atoms with Gasteiger partial charge in [-0.05, 0) is 31.3 Å². The van der Waals surface area contributed by atoms with Crippen molar-refractivity contribution in [3.8, 4) is 12.3 Å². The Morgan fingerprint density at radius 3 is 2.71 bits per heavy atom. The van der Waals surface area contributed by atoms with Crippen LogP contribution < -0.4 is 16.0 Å². The van der Waals surface area contributed by atoms with E-state index in [1.807, 2.05) is 0 Å². The Bertz CT molecular complexity index is 1220. The van der Waals surface area contributed by atoms with E-state index in [-0.39, 0.29) is 6.61 Å². The minimum Gasteiger partial charge on any atom is -0.447 e. The zero-order valence-electron chi connectivity index (χ0n) is 18.6. The molecular formula is C23H25N7O3S. The zero-order valence-corrected chi connectivity index (χ0v) is 19.4. The zero-order chi connectivity index (χ0) is 23.7. The first kappa shape index (κ1) is 22.3. The van der Waals surface area contributed by atoms with E-state index in [1.54, 1.807) is 12.4 Å². The molecule has 0 bridgehead atoms. The van der Waals surface area contributed by atoms with Crippen LogP contribution >= 0.6 is 0 Å². The highest BCUT2D eigenvalue weighted by Crippen LogP contribution is 2.39. The summed E-state index contributed by atoms with van der Waals surface area (Å²) in [6.07, 6.45) is 14.0. The number of aromatic nitrogens is 4. The molecule has 11 heteroatoms. The SMILES string of the molecule is C#Cc1cnc(C2=CCN(c3nc4c(c(NC5(COC(N)=O)CCC5)n3)S(=O)CC4)CC2)nc1. The molecular weight excluding hydrogens is 454 g/mol. The predicted molar refractivity (Wildman–Crippen MR) is 128 cm³/mol. The van der Waals surface area contributed by atoms with Crippen molar-refractivity contribution in [2.24, 2.45) is 5.73 Å². The van der Waals surface area contributed by atoms with Gasteiger partial charge < -0.3 is 20.7 Å². The minimum atomic E-state index is -1.16. The number of terminal acetylenes is 1. The van der Waals surface area contributed by atoms with Crippen molar-refractivity contribution >= 4 is 34.2 Å². The smallest absolute Gasteiger partial charge is 0.404 e. The van der Waals surface area contributed by atoms with Crippen LogP contribution in [0.25, 0.3) is 5.57 Å². The lowest BCUT2D eigenvalue weighted by Gasteiger charge is -2.42. The number of carbonyl (C=O) groups is 1. The van der Waals surface area contributed by atoms with Gasteiger partial charge in [-0.3, -0.25) is 4.21 Å². The van der Waals surface area contributed by atoms with E-state index in [4.69, 9.17) is 26.9 Å². The van der Waals surface area contributed by atoms with Crippen molar-refractivity contribution in [3.05, 3.63) is 35.6 Å². The highest BCUT2D eigenvalue weighted by molar-refractivity contribution is 7.85. The quantitative estimate of drug-likeness (QED) is 0.592. The summed E-state index contributed by atoms with van der Waals surface area (Å²) in [4.78, 5) is 32.2. The van der Waals surface area contributed by atoms with Crippen LogP contribution in [-0.4, -0.2) is 61.2 Å². The molecule has 3 N–H and O–H groups in total. The summed E-state index contributed by atoms with van der Waals surface area (Å²) in [5.41, 5.74) is 7.24. The Labute approximate surface area is 199 Å². The maximum absolute atomic E-state index is 12.7. The maximum Gasteiger partial charge on any atom is 0.404 e. The molecule has 1 unspecified atom stereocenters. The number of nitrogens with one attached hydrogen (secondary N) is 1. The molecule has 1 fully saturated rings. The van der Waals surface area contributed by atoms with Gasteiger partial charge in [-0.25, -0.2) is 19.7 Å². The first-order valence-electron chi connectivity index (χ1n) is 11.2. The van der Waals surface area contributed by atoms with E-state index in [0.29, 0.717) is 53.3 Å². The molecule has 0 saturated heterocycles. The molecule has 1 atom stereocenters. The third-order valence-electron chi connectivity index (χ3n) is 6.46. The van der Waals surface area contributed by atoms with Crippen LogP contribution in [-0.2, 0) is 22.0 Å². The second-order valence-corrected chi connectivity index (χ2v) is 10.2. The average Bonchev–Trinajstić information content (AvgIpc) is 3.21. The van der Waals surface area contributed by atoms with Gasteiger partial charge in [0.15, 0.2) is 5.82 Å². The number of ether oxygens (including phenoxy) is 1. The van der Waals surface area contributed by atoms with Crippen molar-refractivity contribution in [1.29, 1.82) is 0 Å². The number of nitrogens with zero attached hydrogens (tertiary/aromatic N) is 5. The third kappa shape index (κ3) is 4.33. The van der Waals surface area contributed by atoms with Crippen molar-refractivity contribution in [3.63, 3.8) is 0 Å². The van der Waals surface area contributed by atoms with E-state index in [1.165, 1.54) is 0 Å². The summed E-state index contributed by atoms with van der Waals surface area (Å²) < 4.78 is 17.8. The second kappa shape index (κ2) is 9.02. The summed E-state index contributed by atoms with van der Waals surface area (Å²) >= 11 is 0. The fourth-order valence-corrected chi connectivity index (χ4v) is 5.71. The topological polar surface area (TPSA) is 136 Å². The number of anilines is 2. The van der Waals surface area contributed by atoms with Gasteiger partial charge in [-0.15, -0.1) is 6.42 Å². The molecule has 0 radical (unpaired) electrons. The molecule has 176 valence electrons. The van der Waals surface area contributed by atoms with Crippen molar-refractivity contribution < 1.29 is 13.7 Å². The van der Waals surface area contributed by atoms with Gasteiger partial charge in [-0.2, -0.15) is 4.98 Å². The number of carbonyl (C=O) groups excluding carboxylic acids is 1. The fraction of sp³-hybridized carbons (Fsp3) is 0.435. The van der Waals surface area contributed by atoms with E-state index < -0.39 is 22.4 Å². The standard InChI is InChI=1S/C23H25N7O3S/c1-2-15-12-25-19(26-13-15)16-4-9-30(10-5-16)22-27-17-6-11-34(32)18(17)20(28-22)29-23(7-3-8-23)14-33-21(24)31/h1,4,12-13H,3,5-11,14H2,(H2,24,31)(H,27,28,29). The number of fused-ring (bicyclic) bond motifs is 1. The predicted octanol–water partition coefficient (Wildman–Crippen LogP) is 1.64. The lowest BCUT2D eigenvalue weighted by Crippen LogP contribution is -2.50. The summed E-state index contributed by atoms with van der Waals surface area (Å²) in [5.74, 6) is 4.88. The molecule has 0 spiro atoms. The van der Waals surface area contributed by atoms with Crippen LogP contribution in [0.4, 0.5) is 16.6 Å².